The topological polar surface area (TPSA) is 128 Å². The Balaban J connectivity index is 1.80. The van der Waals surface area contributed by atoms with Gasteiger partial charge in [0, 0.05) is 6.08 Å². The molecule has 132 valence electrons. The molecule has 0 aliphatic carbocycles. The summed E-state index contributed by atoms with van der Waals surface area (Å²) in [5.41, 5.74) is 4.53. The standard InChI is InChI=1S/C17H14N4O5/c1-2-7-21-16(23)14(15(18)20-17(21)24)19-13(22)6-4-10-3-5-11-12(8-10)26-9-25-11/h1,3-6,8H,7,9,18H2,(H,19,22)(H,20,24)/b6-4+. The molecule has 1 amide bonds. The number of H-pyrrole nitrogens is 1. The highest BCUT2D eigenvalue weighted by Gasteiger charge is 2.14. The number of aromatic amines is 1. The van der Waals surface area contributed by atoms with Crippen molar-refractivity contribution in [3.05, 3.63) is 50.7 Å². The van der Waals surface area contributed by atoms with E-state index in [0.717, 1.165) is 4.57 Å². The van der Waals surface area contributed by atoms with E-state index in [4.69, 9.17) is 21.6 Å². The molecule has 0 bridgehead atoms. The molecule has 4 N–H and O–H groups in total. The fourth-order valence-corrected chi connectivity index (χ4v) is 2.30. The number of rotatable bonds is 4. The van der Waals surface area contributed by atoms with Crippen LogP contribution in [0.4, 0.5) is 11.5 Å². The van der Waals surface area contributed by atoms with Crippen LogP contribution in [0.5, 0.6) is 11.5 Å². The first-order chi connectivity index (χ1) is 12.5. The van der Waals surface area contributed by atoms with Crippen molar-refractivity contribution in [2.45, 2.75) is 6.54 Å². The number of ether oxygens (including phenoxy) is 2. The van der Waals surface area contributed by atoms with Crippen molar-refractivity contribution in [2.24, 2.45) is 0 Å². The lowest BCUT2D eigenvalue weighted by Crippen LogP contribution is -2.37. The number of nitrogen functional groups attached to an aromatic ring is 1. The monoisotopic (exact) mass is 354 g/mol. The van der Waals surface area contributed by atoms with Crippen LogP contribution >= 0.6 is 0 Å². The molecule has 0 fully saturated rings. The molecule has 2 heterocycles. The van der Waals surface area contributed by atoms with E-state index in [1.165, 1.54) is 12.2 Å². The first-order valence-electron chi connectivity index (χ1n) is 7.44. The first kappa shape index (κ1) is 16.9. The smallest absolute Gasteiger partial charge is 0.330 e. The minimum Gasteiger partial charge on any atom is -0.454 e. The number of anilines is 2. The Kier molecular flexibility index (Phi) is 4.49. The highest BCUT2D eigenvalue weighted by molar-refractivity contribution is 6.03. The van der Waals surface area contributed by atoms with Crippen molar-refractivity contribution in [3.8, 4) is 23.8 Å². The van der Waals surface area contributed by atoms with E-state index >= 15 is 0 Å². The maximum Gasteiger partial charge on any atom is 0.330 e. The molecule has 1 aliphatic heterocycles. The molecule has 0 atom stereocenters. The molecule has 0 saturated heterocycles. The fourth-order valence-electron chi connectivity index (χ4n) is 2.30. The molecule has 9 nitrogen and oxygen atoms in total. The van der Waals surface area contributed by atoms with Gasteiger partial charge in [0.05, 0.1) is 6.54 Å². The van der Waals surface area contributed by atoms with Gasteiger partial charge in [0.1, 0.15) is 11.5 Å². The van der Waals surface area contributed by atoms with Crippen LogP contribution < -0.4 is 31.8 Å². The van der Waals surface area contributed by atoms with E-state index < -0.39 is 17.2 Å². The van der Waals surface area contributed by atoms with E-state index in [1.807, 2.05) is 0 Å². The largest absolute Gasteiger partial charge is 0.454 e. The second-order valence-electron chi connectivity index (χ2n) is 5.25. The van der Waals surface area contributed by atoms with Crippen LogP contribution in [0.2, 0.25) is 0 Å². The van der Waals surface area contributed by atoms with Gasteiger partial charge in [-0.05, 0) is 23.8 Å². The zero-order valence-electron chi connectivity index (χ0n) is 13.4. The number of nitrogens with zero attached hydrogens (tertiary/aromatic N) is 1. The summed E-state index contributed by atoms with van der Waals surface area (Å²) in [4.78, 5) is 38.3. The molecule has 0 saturated carbocycles. The molecular weight excluding hydrogens is 340 g/mol. The summed E-state index contributed by atoms with van der Waals surface area (Å²) in [5, 5.41) is 2.35. The highest BCUT2D eigenvalue weighted by Crippen LogP contribution is 2.32. The molecule has 2 aromatic rings. The van der Waals surface area contributed by atoms with Crippen molar-refractivity contribution in [3.63, 3.8) is 0 Å². The number of benzene rings is 1. The van der Waals surface area contributed by atoms with Crippen molar-refractivity contribution >= 4 is 23.5 Å². The summed E-state index contributed by atoms with van der Waals surface area (Å²) in [7, 11) is 0. The van der Waals surface area contributed by atoms with Crippen LogP contribution in [0.1, 0.15) is 5.56 Å². The molecule has 26 heavy (non-hydrogen) atoms. The predicted molar refractivity (Wildman–Crippen MR) is 94.8 cm³/mol. The summed E-state index contributed by atoms with van der Waals surface area (Å²) < 4.78 is 11.2. The van der Waals surface area contributed by atoms with Gasteiger partial charge in [0.25, 0.3) is 5.56 Å². The lowest BCUT2D eigenvalue weighted by molar-refractivity contribution is -0.111. The number of amides is 1. The number of carbonyl (C=O) groups is 1. The Morgan fingerprint density at radius 3 is 2.92 bits per heavy atom. The maximum atomic E-state index is 12.2. The second kappa shape index (κ2) is 6.90. The van der Waals surface area contributed by atoms with E-state index in [9.17, 15) is 14.4 Å². The van der Waals surface area contributed by atoms with Crippen LogP contribution in [0.15, 0.2) is 33.9 Å². The van der Waals surface area contributed by atoms with Crippen molar-refractivity contribution in [1.29, 1.82) is 0 Å². The van der Waals surface area contributed by atoms with Gasteiger partial charge in [-0.1, -0.05) is 12.0 Å². The number of carbonyl (C=O) groups excluding carboxylic acids is 1. The maximum absolute atomic E-state index is 12.2. The number of nitrogens with two attached hydrogens (primary N) is 1. The average Bonchev–Trinajstić information content (AvgIpc) is 3.08. The number of hydrogen-bond acceptors (Lipinski definition) is 6. The lowest BCUT2D eigenvalue weighted by Gasteiger charge is -2.08. The van der Waals surface area contributed by atoms with Crippen molar-refractivity contribution in [2.75, 3.05) is 17.8 Å². The van der Waals surface area contributed by atoms with Crippen molar-refractivity contribution in [1.82, 2.24) is 9.55 Å². The van der Waals surface area contributed by atoms with Gasteiger partial charge in [-0.3, -0.25) is 14.6 Å². The predicted octanol–water partition coefficient (Wildman–Crippen LogP) is 0.133. The van der Waals surface area contributed by atoms with E-state index in [2.05, 4.69) is 16.2 Å². The zero-order valence-corrected chi connectivity index (χ0v) is 13.4. The Labute approximate surface area is 147 Å². The molecule has 3 rings (SSSR count). The van der Waals surface area contributed by atoms with Gasteiger partial charge < -0.3 is 20.5 Å². The average molecular weight is 354 g/mol. The summed E-state index contributed by atoms with van der Waals surface area (Å²) >= 11 is 0. The normalized spacial score (nSPS) is 12.1. The third kappa shape index (κ3) is 3.29. The molecule has 0 spiro atoms. The van der Waals surface area contributed by atoms with Gasteiger partial charge >= 0.3 is 5.69 Å². The number of aromatic nitrogens is 2. The third-order valence-electron chi connectivity index (χ3n) is 3.54. The highest BCUT2D eigenvalue weighted by atomic mass is 16.7. The van der Waals surface area contributed by atoms with Crippen LogP contribution in [0.25, 0.3) is 6.08 Å². The molecule has 1 aromatic carbocycles. The Morgan fingerprint density at radius 1 is 1.38 bits per heavy atom. The van der Waals surface area contributed by atoms with E-state index in [-0.39, 0.29) is 24.8 Å². The molecule has 1 aliphatic rings. The quantitative estimate of drug-likeness (QED) is 0.529. The van der Waals surface area contributed by atoms with Gasteiger partial charge in [0.2, 0.25) is 12.7 Å². The van der Waals surface area contributed by atoms with Gasteiger partial charge in [-0.15, -0.1) is 6.42 Å². The Bertz CT molecular complexity index is 1060. The number of fused-ring (bicyclic) bond motifs is 1. The van der Waals surface area contributed by atoms with Gasteiger partial charge in [-0.2, -0.15) is 0 Å². The van der Waals surface area contributed by atoms with Crippen LogP contribution in [-0.2, 0) is 11.3 Å². The van der Waals surface area contributed by atoms with E-state index in [1.54, 1.807) is 18.2 Å². The SMILES string of the molecule is C#CCn1c(=O)[nH]c(N)c(NC(=O)/C=C/c2ccc3c(c2)OCO3)c1=O. The van der Waals surface area contributed by atoms with E-state index in [0.29, 0.717) is 17.1 Å². The number of hydrogen-bond donors (Lipinski definition) is 3. The zero-order chi connectivity index (χ0) is 18.7. The Morgan fingerprint density at radius 2 is 2.15 bits per heavy atom. The summed E-state index contributed by atoms with van der Waals surface area (Å²) in [6.45, 7) is -0.0945. The molecular formula is C17H14N4O5. The number of terminal acetylenes is 1. The lowest BCUT2D eigenvalue weighted by atomic mass is 10.2. The van der Waals surface area contributed by atoms with Crippen molar-refractivity contribution < 1.29 is 14.3 Å². The fraction of sp³-hybridized carbons (Fsp3) is 0.118. The summed E-state index contributed by atoms with van der Waals surface area (Å²) in [5.74, 6) is 2.53. The summed E-state index contributed by atoms with van der Waals surface area (Å²) in [6, 6.07) is 5.17. The molecule has 0 radical (unpaired) electrons. The molecule has 1 aromatic heterocycles. The van der Waals surface area contributed by atoms with Crippen LogP contribution in [-0.4, -0.2) is 22.3 Å². The van der Waals surface area contributed by atoms with Crippen LogP contribution in [0.3, 0.4) is 0 Å². The van der Waals surface area contributed by atoms with Crippen LogP contribution in [0, 0.1) is 12.3 Å². The Hall–Kier alpha value is -3.93. The molecule has 0 unspecified atom stereocenters. The van der Waals surface area contributed by atoms with Gasteiger partial charge in [0.15, 0.2) is 11.5 Å². The molecule has 9 heteroatoms. The minimum absolute atomic E-state index is 0.151. The number of nitrogens with one attached hydrogen (secondary N) is 2. The third-order valence-corrected chi connectivity index (χ3v) is 3.54. The van der Waals surface area contributed by atoms with Gasteiger partial charge in [-0.25, -0.2) is 9.36 Å². The summed E-state index contributed by atoms with van der Waals surface area (Å²) in [6.07, 6.45) is 7.87. The second-order valence-corrected chi connectivity index (χ2v) is 5.25. The minimum atomic E-state index is -0.783. The first-order valence-corrected chi connectivity index (χ1v) is 7.44.